The number of halogens is 4. The molecule has 3 nitrogen and oxygen atoms in total. The summed E-state index contributed by atoms with van der Waals surface area (Å²) in [6.45, 7) is 2.09. The summed E-state index contributed by atoms with van der Waals surface area (Å²) in [5.41, 5.74) is -1.14. The zero-order chi connectivity index (χ0) is 13.2. The van der Waals surface area contributed by atoms with Gasteiger partial charge in [0.15, 0.2) is 0 Å². The van der Waals surface area contributed by atoms with E-state index in [0.29, 0.717) is 26.2 Å². The number of piperazine rings is 1. The molecule has 1 aromatic carbocycles. The van der Waals surface area contributed by atoms with Gasteiger partial charge in [0.1, 0.15) is 0 Å². The predicted octanol–water partition coefficient (Wildman–Crippen LogP) is 2.17. The average molecular weight is 295 g/mol. The van der Waals surface area contributed by atoms with E-state index in [1.807, 2.05) is 0 Å². The summed E-state index contributed by atoms with van der Waals surface area (Å²) in [5, 5.41) is 3.05. The molecule has 19 heavy (non-hydrogen) atoms. The van der Waals surface area contributed by atoms with Gasteiger partial charge < -0.3 is 10.2 Å². The quantitative estimate of drug-likeness (QED) is 0.861. The number of nitrogens with zero attached hydrogens (tertiary/aromatic N) is 1. The molecule has 1 saturated heterocycles. The molecule has 1 aromatic rings. The van der Waals surface area contributed by atoms with Crippen molar-refractivity contribution in [2.45, 2.75) is 6.18 Å². The molecule has 0 aliphatic carbocycles. The predicted molar refractivity (Wildman–Crippen MR) is 67.5 cm³/mol. The van der Waals surface area contributed by atoms with Crippen LogP contribution < -0.4 is 5.32 Å². The molecule has 0 saturated carbocycles. The molecule has 1 amide bonds. The molecule has 1 aliphatic heterocycles. The summed E-state index contributed by atoms with van der Waals surface area (Å²) in [4.78, 5) is 13.5. The van der Waals surface area contributed by atoms with Gasteiger partial charge in [-0.25, -0.2) is 0 Å². The van der Waals surface area contributed by atoms with Gasteiger partial charge in [0.05, 0.1) is 11.1 Å². The normalized spacial score (nSPS) is 15.8. The number of alkyl halides is 3. The summed E-state index contributed by atoms with van der Waals surface area (Å²) < 4.78 is 38.4. The topological polar surface area (TPSA) is 32.3 Å². The van der Waals surface area contributed by atoms with Crippen LogP contribution in [-0.4, -0.2) is 37.0 Å². The van der Waals surface area contributed by atoms with Gasteiger partial charge in [0.2, 0.25) is 0 Å². The minimum Gasteiger partial charge on any atom is -0.336 e. The van der Waals surface area contributed by atoms with Gasteiger partial charge in [-0.15, -0.1) is 12.4 Å². The molecule has 1 fully saturated rings. The highest BCUT2D eigenvalue weighted by atomic mass is 35.5. The second kappa shape index (κ2) is 6.25. The van der Waals surface area contributed by atoms with E-state index in [-0.39, 0.29) is 18.0 Å². The van der Waals surface area contributed by atoms with Gasteiger partial charge in [0, 0.05) is 26.2 Å². The number of benzene rings is 1. The fraction of sp³-hybridized carbons (Fsp3) is 0.417. The maximum Gasteiger partial charge on any atom is 0.417 e. The van der Waals surface area contributed by atoms with Crippen molar-refractivity contribution in [1.82, 2.24) is 10.2 Å². The molecule has 2 rings (SSSR count). The van der Waals surface area contributed by atoms with Crippen LogP contribution >= 0.6 is 12.4 Å². The third-order valence-electron chi connectivity index (χ3n) is 2.87. The number of rotatable bonds is 1. The van der Waals surface area contributed by atoms with E-state index in [2.05, 4.69) is 5.32 Å². The molecule has 0 aromatic heterocycles. The number of carbonyl (C=O) groups is 1. The highest BCUT2D eigenvalue weighted by molar-refractivity contribution is 5.96. The van der Waals surface area contributed by atoms with E-state index in [1.54, 1.807) is 0 Å². The second-order valence-electron chi connectivity index (χ2n) is 4.09. The Bertz CT molecular complexity index is 445. The molecule has 1 N–H and O–H groups in total. The summed E-state index contributed by atoms with van der Waals surface area (Å²) in [6.07, 6.45) is -4.50. The third-order valence-corrected chi connectivity index (χ3v) is 2.87. The Labute approximate surface area is 115 Å². The Balaban J connectivity index is 0.00000180. The zero-order valence-electron chi connectivity index (χ0n) is 10.0. The average Bonchev–Trinajstić information content (AvgIpc) is 2.38. The Kier molecular flexibility index (Phi) is 5.20. The molecule has 7 heteroatoms. The summed E-state index contributed by atoms with van der Waals surface area (Å²) >= 11 is 0. The van der Waals surface area contributed by atoms with Crippen LogP contribution in [0.5, 0.6) is 0 Å². The van der Waals surface area contributed by atoms with Crippen LogP contribution in [0, 0.1) is 0 Å². The standard InChI is InChI=1S/C12H13F3N2O.ClH/c13-12(14,15)10-4-2-1-3-9(10)11(18)17-7-5-16-6-8-17;/h1-4,16H,5-8H2;1H. The fourth-order valence-electron chi connectivity index (χ4n) is 1.96. The molecule has 0 atom stereocenters. The number of nitrogens with one attached hydrogen (secondary N) is 1. The molecule has 0 bridgehead atoms. The minimum atomic E-state index is -4.50. The minimum absolute atomic E-state index is 0. The maximum atomic E-state index is 12.8. The van der Waals surface area contributed by atoms with Crippen molar-refractivity contribution in [3.8, 4) is 0 Å². The Morgan fingerprint density at radius 2 is 1.74 bits per heavy atom. The summed E-state index contributed by atoms with van der Waals surface area (Å²) in [7, 11) is 0. The molecule has 0 radical (unpaired) electrons. The van der Waals surface area contributed by atoms with Crippen LogP contribution in [0.4, 0.5) is 13.2 Å². The molecule has 106 valence electrons. The van der Waals surface area contributed by atoms with Crippen molar-refractivity contribution in [2.75, 3.05) is 26.2 Å². The largest absolute Gasteiger partial charge is 0.417 e. The van der Waals surface area contributed by atoms with Crippen molar-refractivity contribution in [3.05, 3.63) is 35.4 Å². The summed E-state index contributed by atoms with van der Waals surface area (Å²) in [5.74, 6) is -0.551. The first-order chi connectivity index (χ1) is 8.50. The lowest BCUT2D eigenvalue weighted by Gasteiger charge is -2.28. The van der Waals surface area contributed by atoms with Crippen LogP contribution in [0.25, 0.3) is 0 Å². The molecule has 0 spiro atoms. The fourth-order valence-corrected chi connectivity index (χ4v) is 1.96. The SMILES string of the molecule is Cl.O=C(c1ccccc1C(F)(F)F)N1CCNCC1. The second-order valence-corrected chi connectivity index (χ2v) is 4.09. The van der Waals surface area contributed by atoms with Gasteiger partial charge >= 0.3 is 6.18 Å². The Hall–Kier alpha value is -1.27. The molecule has 0 unspecified atom stereocenters. The highest BCUT2D eigenvalue weighted by Crippen LogP contribution is 2.32. The van der Waals surface area contributed by atoms with Crippen LogP contribution in [0.3, 0.4) is 0 Å². The molecular weight excluding hydrogens is 281 g/mol. The number of carbonyl (C=O) groups excluding carboxylic acids is 1. The number of hydrogen-bond donors (Lipinski definition) is 1. The Morgan fingerprint density at radius 1 is 1.16 bits per heavy atom. The zero-order valence-corrected chi connectivity index (χ0v) is 10.9. The smallest absolute Gasteiger partial charge is 0.336 e. The lowest BCUT2D eigenvalue weighted by Crippen LogP contribution is -2.46. The van der Waals surface area contributed by atoms with E-state index >= 15 is 0 Å². The molecule has 1 heterocycles. The summed E-state index contributed by atoms with van der Waals surface area (Å²) in [6, 6.07) is 4.91. The first-order valence-electron chi connectivity index (χ1n) is 5.66. The van der Waals surface area contributed by atoms with Crippen molar-refractivity contribution < 1.29 is 18.0 Å². The van der Waals surface area contributed by atoms with E-state index in [9.17, 15) is 18.0 Å². The van der Waals surface area contributed by atoms with Crippen molar-refractivity contribution in [3.63, 3.8) is 0 Å². The monoisotopic (exact) mass is 294 g/mol. The van der Waals surface area contributed by atoms with Gasteiger partial charge in [-0.05, 0) is 12.1 Å². The van der Waals surface area contributed by atoms with E-state index in [4.69, 9.17) is 0 Å². The molecular formula is C12H14ClF3N2O. The highest BCUT2D eigenvalue weighted by Gasteiger charge is 2.35. The van der Waals surface area contributed by atoms with Crippen LogP contribution in [0.1, 0.15) is 15.9 Å². The van der Waals surface area contributed by atoms with Gasteiger partial charge in [-0.3, -0.25) is 4.79 Å². The van der Waals surface area contributed by atoms with E-state index in [1.165, 1.54) is 23.1 Å². The number of amides is 1. The van der Waals surface area contributed by atoms with Gasteiger partial charge in [0.25, 0.3) is 5.91 Å². The first-order valence-corrected chi connectivity index (χ1v) is 5.66. The van der Waals surface area contributed by atoms with Crippen molar-refractivity contribution in [1.29, 1.82) is 0 Å². The van der Waals surface area contributed by atoms with Crippen LogP contribution in [0.2, 0.25) is 0 Å². The lowest BCUT2D eigenvalue weighted by molar-refractivity contribution is -0.138. The van der Waals surface area contributed by atoms with Crippen molar-refractivity contribution >= 4 is 18.3 Å². The number of hydrogen-bond acceptors (Lipinski definition) is 2. The molecule has 1 aliphatic rings. The van der Waals surface area contributed by atoms with Gasteiger partial charge in [-0.1, -0.05) is 12.1 Å². The third kappa shape index (κ3) is 3.61. The van der Waals surface area contributed by atoms with Gasteiger partial charge in [-0.2, -0.15) is 13.2 Å². The Morgan fingerprint density at radius 3 is 2.32 bits per heavy atom. The first kappa shape index (κ1) is 15.8. The van der Waals surface area contributed by atoms with E-state index < -0.39 is 17.6 Å². The van der Waals surface area contributed by atoms with Crippen LogP contribution in [-0.2, 0) is 6.18 Å². The maximum absolute atomic E-state index is 12.8. The van der Waals surface area contributed by atoms with Crippen LogP contribution in [0.15, 0.2) is 24.3 Å². The van der Waals surface area contributed by atoms with Crippen molar-refractivity contribution in [2.24, 2.45) is 0 Å². The lowest BCUT2D eigenvalue weighted by atomic mass is 10.1. The van der Waals surface area contributed by atoms with E-state index in [0.717, 1.165) is 6.07 Å².